The Hall–Kier alpha value is -3.08. The average Bonchev–Trinajstić information content (AvgIpc) is 2.83. The minimum Gasteiger partial charge on any atom is -0.483 e. The Morgan fingerprint density at radius 2 is 1.78 bits per heavy atom. The van der Waals surface area contributed by atoms with Gasteiger partial charge in [0.2, 0.25) is 15.8 Å². The van der Waals surface area contributed by atoms with E-state index in [1.54, 1.807) is 54.7 Å². The van der Waals surface area contributed by atoms with E-state index in [0.29, 0.717) is 53.8 Å². The van der Waals surface area contributed by atoms with E-state index in [4.69, 9.17) is 22.1 Å². The third-order valence-electron chi connectivity index (χ3n) is 6.61. The molecule has 3 aromatic rings. The number of ether oxygens (including phenoxy) is 1. The van der Waals surface area contributed by atoms with Crippen LogP contribution in [0.2, 0.25) is 5.02 Å². The van der Waals surface area contributed by atoms with Crippen LogP contribution in [0.25, 0.3) is 5.69 Å². The van der Waals surface area contributed by atoms with Gasteiger partial charge in [-0.2, -0.15) is 14.1 Å². The van der Waals surface area contributed by atoms with Crippen LogP contribution < -0.4 is 20.9 Å². The molecule has 0 amide bonds. The highest BCUT2D eigenvalue weighted by Gasteiger charge is 2.31. The number of sulfonamides is 1. The maximum atomic E-state index is 13.5. The standard InChI is InChI=1S/C25H28ClN5O4S/c26-19-3-1-4-21(15-19)31-25(32)24(35-22-5-2-6-22)23(16-28-31)29-11-13-30(14-12-29)36(33,34)17-18-7-9-20(27)10-8-18/h1,3-4,7-10,15-16,22H,2,5-6,11-14,17,27H2. The maximum absolute atomic E-state index is 13.5. The number of rotatable bonds is 7. The minimum absolute atomic E-state index is 0.00626. The van der Waals surface area contributed by atoms with Crippen LogP contribution in [0.15, 0.2) is 59.5 Å². The van der Waals surface area contributed by atoms with Crippen molar-refractivity contribution in [2.75, 3.05) is 36.8 Å². The van der Waals surface area contributed by atoms with Crippen molar-refractivity contribution in [2.24, 2.45) is 0 Å². The lowest BCUT2D eigenvalue weighted by Gasteiger charge is -2.36. The second kappa shape index (κ2) is 10.1. The molecule has 2 fully saturated rings. The molecule has 2 aromatic carbocycles. The largest absolute Gasteiger partial charge is 0.483 e. The lowest BCUT2D eigenvalue weighted by atomic mass is 9.96. The molecule has 1 aromatic heterocycles. The second-order valence-corrected chi connectivity index (χ2v) is 11.5. The van der Waals surface area contributed by atoms with Gasteiger partial charge in [-0.25, -0.2) is 8.42 Å². The van der Waals surface area contributed by atoms with Crippen molar-refractivity contribution in [1.82, 2.24) is 14.1 Å². The van der Waals surface area contributed by atoms with E-state index in [-0.39, 0.29) is 23.2 Å². The van der Waals surface area contributed by atoms with Crippen LogP contribution in [0.1, 0.15) is 24.8 Å². The van der Waals surface area contributed by atoms with Gasteiger partial charge in [-0.15, -0.1) is 0 Å². The maximum Gasteiger partial charge on any atom is 0.316 e. The van der Waals surface area contributed by atoms with Crippen LogP contribution in [0.4, 0.5) is 11.4 Å². The highest BCUT2D eigenvalue weighted by molar-refractivity contribution is 7.88. The highest BCUT2D eigenvalue weighted by Crippen LogP contribution is 2.31. The van der Waals surface area contributed by atoms with Gasteiger partial charge < -0.3 is 15.4 Å². The summed E-state index contributed by atoms with van der Waals surface area (Å²) in [6.45, 7) is 1.45. The van der Waals surface area contributed by atoms with Crippen LogP contribution >= 0.6 is 11.6 Å². The molecule has 2 heterocycles. The molecule has 0 radical (unpaired) electrons. The van der Waals surface area contributed by atoms with Gasteiger partial charge >= 0.3 is 5.56 Å². The molecule has 2 aliphatic rings. The van der Waals surface area contributed by atoms with E-state index in [9.17, 15) is 13.2 Å². The number of piperazine rings is 1. The number of hydrogen-bond donors (Lipinski definition) is 1. The summed E-state index contributed by atoms with van der Waals surface area (Å²) in [5.41, 5.74) is 7.77. The Kier molecular flexibility index (Phi) is 6.92. The quantitative estimate of drug-likeness (QED) is 0.468. The Labute approximate surface area is 215 Å². The number of nitrogens with two attached hydrogens (primary N) is 1. The molecule has 9 nitrogen and oxygen atoms in total. The molecule has 0 spiro atoms. The topological polar surface area (TPSA) is 111 Å². The molecule has 0 atom stereocenters. The third-order valence-corrected chi connectivity index (χ3v) is 8.69. The SMILES string of the molecule is Nc1ccc(CS(=O)(=O)N2CCN(c3cnn(-c4cccc(Cl)c4)c(=O)c3OC3CCC3)CC2)cc1. The summed E-state index contributed by atoms with van der Waals surface area (Å²) in [4.78, 5) is 15.4. The number of nitrogens with zero attached hydrogens (tertiary/aromatic N) is 4. The Bertz CT molecular complexity index is 1400. The predicted molar refractivity (Wildman–Crippen MR) is 140 cm³/mol. The first-order valence-corrected chi connectivity index (χ1v) is 13.9. The van der Waals surface area contributed by atoms with Crippen molar-refractivity contribution in [3.63, 3.8) is 0 Å². The third kappa shape index (κ3) is 5.21. The van der Waals surface area contributed by atoms with Crippen LogP contribution in [0.3, 0.4) is 0 Å². The molecule has 1 aliphatic heterocycles. The number of anilines is 2. The first-order chi connectivity index (χ1) is 17.3. The van der Waals surface area contributed by atoms with Gasteiger partial charge in [0, 0.05) is 36.9 Å². The summed E-state index contributed by atoms with van der Waals surface area (Å²) in [5.74, 6) is 0.161. The summed E-state index contributed by atoms with van der Waals surface area (Å²) < 4.78 is 34.9. The van der Waals surface area contributed by atoms with E-state index in [2.05, 4.69) is 5.10 Å². The highest BCUT2D eigenvalue weighted by atomic mass is 35.5. The molecule has 5 rings (SSSR count). The molecule has 1 aliphatic carbocycles. The van der Waals surface area contributed by atoms with Crippen molar-refractivity contribution in [2.45, 2.75) is 31.1 Å². The molecule has 0 unspecified atom stereocenters. The zero-order valence-corrected chi connectivity index (χ0v) is 21.3. The monoisotopic (exact) mass is 529 g/mol. The van der Waals surface area contributed by atoms with Crippen molar-refractivity contribution >= 4 is 33.0 Å². The smallest absolute Gasteiger partial charge is 0.316 e. The van der Waals surface area contributed by atoms with Gasteiger partial charge in [0.25, 0.3) is 0 Å². The molecule has 1 saturated carbocycles. The predicted octanol–water partition coefficient (Wildman–Crippen LogP) is 3.05. The van der Waals surface area contributed by atoms with Crippen molar-refractivity contribution in [3.05, 3.63) is 75.7 Å². The fraction of sp³-hybridized carbons (Fsp3) is 0.360. The molecule has 0 bridgehead atoms. The summed E-state index contributed by atoms with van der Waals surface area (Å²) in [5, 5.41) is 4.89. The van der Waals surface area contributed by atoms with E-state index in [0.717, 1.165) is 19.3 Å². The normalized spacial score (nSPS) is 17.1. The summed E-state index contributed by atoms with van der Waals surface area (Å²) in [6.07, 6.45) is 4.48. The molecule has 1 saturated heterocycles. The van der Waals surface area contributed by atoms with Crippen LogP contribution in [0, 0.1) is 0 Å². The molecular formula is C25H28ClN5O4S. The minimum atomic E-state index is -3.49. The second-order valence-electron chi connectivity index (χ2n) is 9.11. The van der Waals surface area contributed by atoms with Gasteiger partial charge in [0.05, 0.1) is 23.7 Å². The van der Waals surface area contributed by atoms with Gasteiger partial charge in [-0.05, 0) is 55.2 Å². The zero-order chi connectivity index (χ0) is 25.3. The average molecular weight is 530 g/mol. The number of aromatic nitrogens is 2. The van der Waals surface area contributed by atoms with Gasteiger partial charge in [-0.1, -0.05) is 29.8 Å². The van der Waals surface area contributed by atoms with Gasteiger partial charge in [0.1, 0.15) is 5.69 Å². The Morgan fingerprint density at radius 1 is 1.06 bits per heavy atom. The molecule has 11 heteroatoms. The van der Waals surface area contributed by atoms with Gasteiger partial charge in [0.15, 0.2) is 0 Å². The fourth-order valence-corrected chi connectivity index (χ4v) is 6.04. The number of benzene rings is 2. The van der Waals surface area contributed by atoms with E-state index >= 15 is 0 Å². The Balaban J connectivity index is 1.36. The molecule has 2 N–H and O–H groups in total. The summed E-state index contributed by atoms with van der Waals surface area (Å²) in [6, 6.07) is 13.8. The van der Waals surface area contributed by atoms with Crippen LogP contribution in [-0.4, -0.2) is 54.8 Å². The fourth-order valence-electron chi connectivity index (χ4n) is 4.34. The van der Waals surface area contributed by atoms with Crippen molar-refractivity contribution < 1.29 is 13.2 Å². The van der Waals surface area contributed by atoms with Crippen LogP contribution in [-0.2, 0) is 15.8 Å². The van der Waals surface area contributed by atoms with Gasteiger partial charge in [-0.3, -0.25) is 4.79 Å². The zero-order valence-electron chi connectivity index (χ0n) is 19.7. The number of halogens is 1. The van der Waals surface area contributed by atoms with Crippen LogP contribution in [0.5, 0.6) is 5.75 Å². The first-order valence-electron chi connectivity index (χ1n) is 11.9. The lowest BCUT2D eigenvalue weighted by molar-refractivity contribution is 0.118. The molecule has 36 heavy (non-hydrogen) atoms. The number of nitrogen functional groups attached to an aromatic ring is 1. The number of hydrogen-bond acceptors (Lipinski definition) is 7. The van der Waals surface area contributed by atoms with Crippen molar-refractivity contribution in [1.29, 1.82) is 0 Å². The molecular weight excluding hydrogens is 502 g/mol. The van der Waals surface area contributed by atoms with E-state index in [1.165, 1.54) is 8.99 Å². The molecule has 190 valence electrons. The lowest BCUT2D eigenvalue weighted by Crippen LogP contribution is -2.49. The van der Waals surface area contributed by atoms with E-state index < -0.39 is 10.0 Å². The van der Waals surface area contributed by atoms with E-state index in [1.807, 2.05) is 4.90 Å². The summed E-state index contributed by atoms with van der Waals surface area (Å²) >= 11 is 6.12. The Morgan fingerprint density at radius 3 is 2.42 bits per heavy atom. The van der Waals surface area contributed by atoms with Crippen molar-refractivity contribution in [3.8, 4) is 11.4 Å². The first kappa shape index (κ1) is 24.6. The summed E-state index contributed by atoms with van der Waals surface area (Å²) in [7, 11) is -3.49.